The maximum absolute atomic E-state index is 13.2. The van der Waals surface area contributed by atoms with Crippen LogP contribution in [0.25, 0.3) is 0 Å². The maximum Gasteiger partial charge on any atom is 0.262 e. The zero-order valence-electron chi connectivity index (χ0n) is 19.3. The number of nitrogens with one attached hydrogen (secondary N) is 1. The van der Waals surface area contributed by atoms with Crippen molar-refractivity contribution in [2.75, 3.05) is 36.4 Å². The fourth-order valence-corrected chi connectivity index (χ4v) is 7.04. The number of amides is 1. The van der Waals surface area contributed by atoms with E-state index in [2.05, 4.69) is 4.72 Å². The number of ether oxygens (including phenoxy) is 1. The first-order valence-corrected chi connectivity index (χ1v) is 14.2. The lowest BCUT2D eigenvalue weighted by atomic mass is 10.2. The van der Waals surface area contributed by atoms with Crippen LogP contribution in [0.4, 0.5) is 11.4 Å². The first-order chi connectivity index (χ1) is 16.2. The first kappa shape index (κ1) is 24.5. The number of carbonyl (C=O) groups excluding carboxylic acids is 1. The topological polar surface area (TPSA) is 113 Å². The lowest BCUT2D eigenvalue weighted by Gasteiger charge is -2.26. The molecule has 0 saturated carbocycles. The van der Waals surface area contributed by atoms with E-state index in [0.29, 0.717) is 32.5 Å². The van der Waals surface area contributed by atoms with Crippen LogP contribution in [0.3, 0.4) is 0 Å². The zero-order valence-corrected chi connectivity index (χ0v) is 20.9. The summed E-state index contributed by atoms with van der Waals surface area (Å²) in [7, 11) is -6.40. The number of piperidine rings is 1. The van der Waals surface area contributed by atoms with Crippen LogP contribution in [0, 0.1) is 0 Å². The molecule has 2 aliphatic heterocycles. The molecule has 2 aromatic rings. The minimum atomic E-state index is -4.04. The molecule has 1 amide bonds. The van der Waals surface area contributed by atoms with Crippen molar-refractivity contribution in [1.82, 2.24) is 4.31 Å². The summed E-state index contributed by atoms with van der Waals surface area (Å²) in [6, 6.07) is 8.82. The van der Waals surface area contributed by atoms with E-state index in [1.165, 1.54) is 35.7 Å². The van der Waals surface area contributed by atoms with Gasteiger partial charge in [0.2, 0.25) is 15.9 Å². The molecule has 2 aromatic carbocycles. The largest absolute Gasteiger partial charge is 0.495 e. The molecule has 0 aromatic heterocycles. The smallest absolute Gasteiger partial charge is 0.262 e. The number of carbonyl (C=O) groups is 1. The molecule has 0 unspecified atom stereocenters. The van der Waals surface area contributed by atoms with Gasteiger partial charge < -0.3 is 9.64 Å². The van der Waals surface area contributed by atoms with E-state index in [1.54, 1.807) is 24.0 Å². The average molecular weight is 508 g/mol. The maximum atomic E-state index is 13.2. The molecule has 9 nitrogen and oxygen atoms in total. The van der Waals surface area contributed by atoms with Crippen molar-refractivity contribution in [2.24, 2.45) is 0 Å². The Hall–Kier alpha value is -2.63. The van der Waals surface area contributed by atoms with Crippen molar-refractivity contribution >= 4 is 37.3 Å². The highest BCUT2D eigenvalue weighted by molar-refractivity contribution is 7.92. The third kappa shape index (κ3) is 4.64. The summed E-state index contributed by atoms with van der Waals surface area (Å²) in [5.41, 5.74) is 1.54. The van der Waals surface area contributed by atoms with Crippen LogP contribution >= 0.6 is 0 Å². The number of nitrogens with zero attached hydrogens (tertiary/aromatic N) is 2. The van der Waals surface area contributed by atoms with E-state index in [1.807, 2.05) is 0 Å². The van der Waals surface area contributed by atoms with Crippen LogP contribution in [0.1, 0.15) is 38.2 Å². The van der Waals surface area contributed by atoms with Crippen molar-refractivity contribution < 1.29 is 26.4 Å². The van der Waals surface area contributed by atoms with E-state index in [0.717, 1.165) is 30.5 Å². The highest BCUT2D eigenvalue weighted by Gasteiger charge is 2.29. The number of anilines is 2. The molecule has 1 saturated heterocycles. The Bertz CT molecular complexity index is 1300. The Morgan fingerprint density at radius 3 is 2.35 bits per heavy atom. The van der Waals surface area contributed by atoms with Crippen molar-refractivity contribution in [3.63, 3.8) is 0 Å². The standard InChI is InChI=1S/C23H29N3O6S2/c1-3-23(27)26-14-11-17-15-18(7-9-21(17)26)33(28,29)24-20-16-19(8-10-22(20)32-2)34(30,31)25-12-5-4-6-13-25/h7-10,15-16,24H,3-6,11-14H2,1-2H3. The summed E-state index contributed by atoms with van der Waals surface area (Å²) in [5, 5.41) is 0. The molecule has 0 radical (unpaired) electrons. The average Bonchev–Trinajstić information content (AvgIpc) is 3.27. The Morgan fingerprint density at radius 2 is 1.68 bits per heavy atom. The molecule has 1 fully saturated rings. The van der Waals surface area contributed by atoms with Crippen molar-refractivity contribution in [2.45, 2.75) is 48.8 Å². The van der Waals surface area contributed by atoms with Crippen LogP contribution < -0.4 is 14.4 Å². The fourth-order valence-electron chi connectivity index (χ4n) is 4.38. The monoisotopic (exact) mass is 507 g/mol. The van der Waals surface area contributed by atoms with Gasteiger partial charge in [-0.15, -0.1) is 0 Å². The van der Waals surface area contributed by atoms with E-state index in [9.17, 15) is 21.6 Å². The normalized spacial score (nSPS) is 16.8. The summed E-state index contributed by atoms with van der Waals surface area (Å²) in [6.07, 6.45) is 3.53. The van der Waals surface area contributed by atoms with Gasteiger partial charge in [0.15, 0.2) is 0 Å². The van der Waals surface area contributed by atoms with Crippen molar-refractivity contribution in [3.8, 4) is 5.75 Å². The molecule has 2 aliphatic rings. The number of rotatable bonds is 7. The van der Waals surface area contributed by atoms with Crippen molar-refractivity contribution in [3.05, 3.63) is 42.0 Å². The highest BCUT2D eigenvalue weighted by atomic mass is 32.2. The van der Waals surface area contributed by atoms with E-state index in [-0.39, 0.29) is 27.1 Å². The Morgan fingerprint density at radius 1 is 0.971 bits per heavy atom. The molecule has 0 spiro atoms. The minimum Gasteiger partial charge on any atom is -0.495 e. The lowest BCUT2D eigenvalue weighted by molar-refractivity contribution is -0.118. The zero-order chi connectivity index (χ0) is 24.5. The van der Waals surface area contributed by atoms with Crippen LogP contribution in [-0.2, 0) is 31.3 Å². The predicted molar refractivity (Wildman–Crippen MR) is 129 cm³/mol. The molecule has 2 heterocycles. The molecule has 0 atom stereocenters. The summed E-state index contributed by atoms with van der Waals surface area (Å²) in [4.78, 5) is 13.8. The second-order valence-corrected chi connectivity index (χ2v) is 12.0. The predicted octanol–water partition coefficient (Wildman–Crippen LogP) is 2.97. The van der Waals surface area contributed by atoms with Crippen LogP contribution in [0.15, 0.2) is 46.2 Å². The summed E-state index contributed by atoms with van der Waals surface area (Å²) < 4.78 is 61.8. The highest BCUT2D eigenvalue weighted by Crippen LogP contribution is 2.34. The fraction of sp³-hybridized carbons (Fsp3) is 0.435. The summed E-state index contributed by atoms with van der Waals surface area (Å²) in [5.74, 6) is 0.200. The van der Waals surface area contributed by atoms with E-state index >= 15 is 0 Å². The van der Waals surface area contributed by atoms with Gasteiger partial charge in [-0.2, -0.15) is 4.31 Å². The second-order valence-electron chi connectivity index (χ2n) is 8.37. The van der Waals surface area contributed by atoms with Gasteiger partial charge in [0.05, 0.1) is 22.6 Å². The van der Waals surface area contributed by atoms with Gasteiger partial charge in [-0.25, -0.2) is 16.8 Å². The number of sulfonamides is 2. The van der Waals surface area contributed by atoms with Gasteiger partial charge in [-0.3, -0.25) is 9.52 Å². The molecule has 1 N–H and O–H groups in total. The van der Waals surface area contributed by atoms with Crippen LogP contribution in [-0.4, -0.2) is 53.8 Å². The summed E-state index contributed by atoms with van der Waals surface area (Å²) in [6.45, 7) is 3.20. The number of hydrogen-bond acceptors (Lipinski definition) is 6. The van der Waals surface area contributed by atoms with Crippen molar-refractivity contribution in [1.29, 1.82) is 0 Å². The van der Waals surface area contributed by atoms with E-state index in [4.69, 9.17) is 4.74 Å². The first-order valence-electron chi connectivity index (χ1n) is 11.3. The molecule has 0 aliphatic carbocycles. The van der Waals surface area contributed by atoms with Gasteiger partial charge in [-0.1, -0.05) is 13.3 Å². The molecule has 34 heavy (non-hydrogen) atoms. The van der Waals surface area contributed by atoms with Crippen LogP contribution in [0.2, 0.25) is 0 Å². The van der Waals surface area contributed by atoms with E-state index < -0.39 is 20.0 Å². The Labute approximate surface area is 200 Å². The third-order valence-electron chi connectivity index (χ3n) is 6.23. The van der Waals surface area contributed by atoms with Gasteiger partial charge >= 0.3 is 0 Å². The molecule has 11 heteroatoms. The van der Waals surface area contributed by atoms with Crippen LogP contribution in [0.5, 0.6) is 5.75 Å². The Kier molecular flexibility index (Phi) is 6.88. The summed E-state index contributed by atoms with van der Waals surface area (Å²) >= 11 is 0. The second kappa shape index (κ2) is 9.55. The van der Waals surface area contributed by atoms with Gasteiger partial charge in [-0.05, 0) is 61.2 Å². The van der Waals surface area contributed by atoms with Gasteiger partial charge in [0.25, 0.3) is 10.0 Å². The Balaban J connectivity index is 1.64. The molecule has 4 rings (SSSR count). The third-order valence-corrected chi connectivity index (χ3v) is 9.49. The molecular formula is C23H29N3O6S2. The lowest BCUT2D eigenvalue weighted by Crippen LogP contribution is -2.35. The number of benzene rings is 2. The SMILES string of the molecule is CCC(=O)N1CCc2cc(S(=O)(=O)Nc3cc(S(=O)(=O)N4CCCCC4)ccc3OC)ccc21. The molecule has 0 bridgehead atoms. The van der Waals surface area contributed by atoms with Gasteiger partial charge in [0.1, 0.15) is 5.75 Å². The molecular weight excluding hydrogens is 478 g/mol. The number of methoxy groups -OCH3 is 1. The quantitative estimate of drug-likeness (QED) is 0.617. The molecule has 184 valence electrons. The number of fused-ring (bicyclic) bond motifs is 1. The minimum absolute atomic E-state index is 0.00979. The van der Waals surface area contributed by atoms with Gasteiger partial charge in [0, 0.05) is 31.7 Å². The number of hydrogen-bond donors (Lipinski definition) is 1.